The molecule has 0 aliphatic carbocycles. The molecule has 0 radical (unpaired) electrons. The number of hydrogen-bond donors (Lipinski definition) is 2. The third kappa shape index (κ3) is 5.82. The summed E-state index contributed by atoms with van der Waals surface area (Å²) in [7, 11) is 0. The number of hydrogen-bond acceptors (Lipinski definition) is 6. The Kier molecular flexibility index (Phi) is 7.27. The number of carbonyl (C=O) groups excluding carboxylic acids is 3. The molecule has 2 heterocycles. The van der Waals surface area contributed by atoms with Crippen LogP contribution in [0.15, 0.2) is 48.5 Å². The summed E-state index contributed by atoms with van der Waals surface area (Å²) in [6, 6.07) is 13.3. The predicted octanol–water partition coefficient (Wildman–Crippen LogP) is 3.41. The Labute approximate surface area is 200 Å². The molecule has 3 aromatic rings. The van der Waals surface area contributed by atoms with Gasteiger partial charge in [-0.3, -0.25) is 14.4 Å². The summed E-state index contributed by atoms with van der Waals surface area (Å²) in [4.78, 5) is 39.3. The topological polar surface area (TPSA) is 104 Å². The Morgan fingerprint density at radius 2 is 1.76 bits per heavy atom. The molecule has 2 aromatic carbocycles. The molecule has 1 aliphatic heterocycles. The maximum atomic E-state index is 13.0. The summed E-state index contributed by atoms with van der Waals surface area (Å²) >= 11 is 0.900. The minimum Gasteiger partial charge on any atom is -0.352 e. The lowest BCUT2D eigenvalue weighted by molar-refractivity contribution is -0.126. The van der Waals surface area contributed by atoms with Gasteiger partial charge in [0.15, 0.2) is 0 Å². The van der Waals surface area contributed by atoms with Gasteiger partial charge in [-0.05, 0) is 49.6 Å². The second kappa shape index (κ2) is 10.5. The average Bonchev–Trinajstić information content (AvgIpc) is 3.34. The summed E-state index contributed by atoms with van der Waals surface area (Å²) in [5, 5.41) is 13.4. The molecular weight excluding hydrogens is 457 g/mol. The normalized spacial score (nSPS) is 14.0. The largest absolute Gasteiger partial charge is 0.352 e. The molecule has 1 aliphatic rings. The van der Waals surface area contributed by atoms with Gasteiger partial charge in [-0.15, -0.1) is 10.2 Å². The van der Waals surface area contributed by atoms with Crippen molar-refractivity contribution in [2.24, 2.45) is 5.92 Å². The highest BCUT2D eigenvalue weighted by Gasteiger charge is 2.29. The van der Waals surface area contributed by atoms with Crippen molar-refractivity contribution in [3.05, 3.63) is 75.5 Å². The monoisotopic (exact) mass is 481 g/mol. The molecule has 4 rings (SSSR count). The van der Waals surface area contributed by atoms with Crippen molar-refractivity contribution < 1.29 is 18.8 Å². The molecule has 0 unspecified atom stereocenters. The van der Waals surface area contributed by atoms with Crippen LogP contribution < -0.4 is 10.6 Å². The first kappa shape index (κ1) is 23.5. The van der Waals surface area contributed by atoms with Crippen LogP contribution in [0.2, 0.25) is 0 Å². The standard InChI is InChI=1S/C24H24FN5O3S/c1-15-3-2-4-16(13-15)14-26-20(31)17-9-11-30(12-10-17)24(33)23-29-28-22(34-23)21(32)27-19-7-5-18(25)6-8-19/h2-8,13,17H,9-12,14H2,1H3,(H,26,31)(H,27,32). The number of likely N-dealkylation sites (tertiary alicyclic amines) is 1. The van der Waals surface area contributed by atoms with E-state index in [1.54, 1.807) is 4.90 Å². The third-order valence-corrected chi connectivity index (χ3v) is 6.52. The lowest BCUT2D eigenvalue weighted by Crippen LogP contribution is -2.42. The number of aryl methyl sites for hydroxylation is 1. The Morgan fingerprint density at radius 3 is 2.47 bits per heavy atom. The first-order chi connectivity index (χ1) is 16.4. The molecule has 0 spiro atoms. The van der Waals surface area contributed by atoms with E-state index in [9.17, 15) is 18.8 Å². The minimum absolute atomic E-state index is 0.00993. The van der Waals surface area contributed by atoms with Crippen molar-refractivity contribution in [2.45, 2.75) is 26.3 Å². The van der Waals surface area contributed by atoms with Gasteiger partial charge >= 0.3 is 0 Å². The quantitative estimate of drug-likeness (QED) is 0.562. The van der Waals surface area contributed by atoms with Gasteiger partial charge in [-0.2, -0.15) is 0 Å². The fraction of sp³-hybridized carbons (Fsp3) is 0.292. The molecule has 1 aromatic heterocycles. The van der Waals surface area contributed by atoms with Crippen LogP contribution >= 0.6 is 11.3 Å². The number of benzene rings is 2. The van der Waals surface area contributed by atoms with E-state index in [4.69, 9.17) is 0 Å². The van der Waals surface area contributed by atoms with Crippen molar-refractivity contribution in [1.29, 1.82) is 0 Å². The molecule has 0 atom stereocenters. The van der Waals surface area contributed by atoms with Gasteiger partial charge in [-0.25, -0.2) is 4.39 Å². The number of aromatic nitrogens is 2. The van der Waals surface area contributed by atoms with E-state index in [1.807, 2.05) is 31.2 Å². The van der Waals surface area contributed by atoms with E-state index in [-0.39, 0.29) is 27.7 Å². The number of rotatable bonds is 6. The molecule has 176 valence electrons. The van der Waals surface area contributed by atoms with Gasteiger partial charge in [0.05, 0.1) is 0 Å². The van der Waals surface area contributed by atoms with E-state index >= 15 is 0 Å². The fourth-order valence-electron chi connectivity index (χ4n) is 3.75. The van der Waals surface area contributed by atoms with Crippen molar-refractivity contribution in [3.8, 4) is 0 Å². The predicted molar refractivity (Wildman–Crippen MR) is 126 cm³/mol. The molecule has 10 heteroatoms. The van der Waals surface area contributed by atoms with Crippen molar-refractivity contribution in [1.82, 2.24) is 20.4 Å². The Hall–Kier alpha value is -3.66. The van der Waals surface area contributed by atoms with E-state index < -0.39 is 11.7 Å². The van der Waals surface area contributed by atoms with Crippen LogP contribution in [0, 0.1) is 18.7 Å². The first-order valence-electron chi connectivity index (χ1n) is 10.9. The molecule has 3 amide bonds. The lowest BCUT2D eigenvalue weighted by Gasteiger charge is -2.30. The second-order valence-electron chi connectivity index (χ2n) is 8.15. The highest BCUT2D eigenvalue weighted by molar-refractivity contribution is 7.15. The molecule has 1 saturated heterocycles. The zero-order chi connectivity index (χ0) is 24.1. The van der Waals surface area contributed by atoms with Crippen LogP contribution in [0.4, 0.5) is 10.1 Å². The Balaban J connectivity index is 1.27. The van der Waals surface area contributed by atoms with Crippen LogP contribution in [0.3, 0.4) is 0 Å². The van der Waals surface area contributed by atoms with E-state index in [0.717, 1.165) is 22.5 Å². The summed E-state index contributed by atoms with van der Waals surface area (Å²) in [6.07, 6.45) is 1.12. The number of anilines is 1. The van der Waals surface area contributed by atoms with E-state index in [0.29, 0.717) is 38.2 Å². The number of nitrogens with one attached hydrogen (secondary N) is 2. The van der Waals surface area contributed by atoms with Gasteiger partial charge in [0.2, 0.25) is 15.9 Å². The molecule has 8 nitrogen and oxygen atoms in total. The van der Waals surface area contributed by atoms with Crippen molar-refractivity contribution in [2.75, 3.05) is 18.4 Å². The number of halogens is 1. The van der Waals surface area contributed by atoms with Crippen LogP contribution in [0.5, 0.6) is 0 Å². The number of amides is 3. The summed E-state index contributed by atoms with van der Waals surface area (Å²) < 4.78 is 13.0. The van der Waals surface area contributed by atoms with Crippen molar-refractivity contribution in [3.63, 3.8) is 0 Å². The van der Waals surface area contributed by atoms with Crippen LogP contribution in [-0.2, 0) is 11.3 Å². The van der Waals surface area contributed by atoms with Gasteiger partial charge in [0.1, 0.15) is 5.82 Å². The third-order valence-electron chi connectivity index (χ3n) is 5.61. The van der Waals surface area contributed by atoms with E-state index in [1.165, 1.54) is 24.3 Å². The van der Waals surface area contributed by atoms with Gasteiger partial charge in [0, 0.05) is 31.2 Å². The lowest BCUT2D eigenvalue weighted by atomic mass is 9.95. The smallest absolute Gasteiger partial charge is 0.286 e. The summed E-state index contributed by atoms with van der Waals surface area (Å²) in [5.74, 6) is -1.40. The Morgan fingerprint density at radius 1 is 1.06 bits per heavy atom. The zero-order valence-electron chi connectivity index (χ0n) is 18.6. The molecule has 2 N–H and O–H groups in total. The molecular formula is C24H24FN5O3S. The fourth-order valence-corrected chi connectivity index (χ4v) is 4.46. The number of piperidine rings is 1. The maximum absolute atomic E-state index is 13.0. The highest BCUT2D eigenvalue weighted by atomic mass is 32.1. The SMILES string of the molecule is Cc1cccc(CNC(=O)C2CCN(C(=O)c3nnc(C(=O)Nc4ccc(F)cc4)s3)CC2)c1. The maximum Gasteiger partial charge on any atom is 0.286 e. The highest BCUT2D eigenvalue weighted by Crippen LogP contribution is 2.21. The van der Waals surface area contributed by atoms with Gasteiger partial charge < -0.3 is 15.5 Å². The Bertz CT molecular complexity index is 1190. The van der Waals surface area contributed by atoms with Crippen molar-refractivity contribution >= 4 is 34.7 Å². The number of carbonyl (C=O) groups is 3. The average molecular weight is 482 g/mol. The molecule has 34 heavy (non-hydrogen) atoms. The van der Waals surface area contributed by atoms with Crippen LogP contribution in [0.1, 0.15) is 43.6 Å². The molecule has 0 bridgehead atoms. The number of nitrogens with zero attached hydrogens (tertiary/aromatic N) is 3. The molecule has 1 fully saturated rings. The summed E-state index contributed by atoms with van der Waals surface area (Å²) in [6.45, 7) is 3.35. The van der Waals surface area contributed by atoms with Crippen LogP contribution in [0.25, 0.3) is 0 Å². The molecule has 0 saturated carbocycles. The summed E-state index contributed by atoms with van der Waals surface area (Å²) in [5.41, 5.74) is 2.61. The van der Waals surface area contributed by atoms with E-state index in [2.05, 4.69) is 20.8 Å². The zero-order valence-corrected chi connectivity index (χ0v) is 19.4. The minimum atomic E-state index is -0.521. The first-order valence-corrected chi connectivity index (χ1v) is 11.7. The van der Waals surface area contributed by atoms with Crippen LogP contribution in [-0.4, -0.2) is 45.9 Å². The second-order valence-corrected chi connectivity index (χ2v) is 9.12. The van der Waals surface area contributed by atoms with Gasteiger partial charge in [0.25, 0.3) is 11.8 Å². The van der Waals surface area contributed by atoms with Gasteiger partial charge in [-0.1, -0.05) is 41.2 Å².